The molecule has 0 amide bonds. The molecule has 0 spiro atoms. The van der Waals surface area contributed by atoms with Crippen molar-refractivity contribution in [1.29, 1.82) is 0 Å². The third-order valence-electron chi connectivity index (χ3n) is 1.78. The average molecular weight is 218 g/mol. The summed E-state index contributed by atoms with van der Waals surface area (Å²) >= 11 is 0. The van der Waals surface area contributed by atoms with Gasteiger partial charge < -0.3 is 9.73 Å². The molecule has 0 fully saturated rings. The van der Waals surface area contributed by atoms with E-state index in [4.69, 9.17) is 4.42 Å². The first kappa shape index (κ1) is 11.2. The van der Waals surface area contributed by atoms with E-state index >= 15 is 0 Å². The zero-order valence-electron chi connectivity index (χ0n) is 8.44. The highest BCUT2D eigenvalue weighted by atomic mass is 32.2. The molecule has 5 nitrogen and oxygen atoms in total. The molecule has 0 aliphatic carbocycles. The van der Waals surface area contributed by atoms with Crippen LogP contribution in [0, 0.1) is 0 Å². The summed E-state index contributed by atoms with van der Waals surface area (Å²) in [6.45, 7) is 1.88. The fraction of sp³-hybridized carbons (Fsp3) is 0.625. The molecule has 0 aliphatic heterocycles. The second kappa shape index (κ2) is 4.10. The smallest absolute Gasteiger partial charge is 0.211 e. The Labute approximate surface area is 83.4 Å². The van der Waals surface area contributed by atoms with Crippen LogP contribution in [-0.4, -0.2) is 26.7 Å². The maximum Gasteiger partial charge on any atom is 0.211 e. The van der Waals surface area contributed by atoms with Gasteiger partial charge in [-0.2, -0.15) is 0 Å². The maximum absolute atomic E-state index is 10.9. The molecule has 1 unspecified atom stereocenters. The number of nitrogens with zero attached hydrogens (tertiary/aromatic N) is 1. The van der Waals surface area contributed by atoms with Crippen LogP contribution in [0.4, 0.5) is 0 Å². The largest absolute Gasteiger partial charge is 0.443 e. The van der Waals surface area contributed by atoms with E-state index in [1.54, 1.807) is 7.05 Å². The molecule has 14 heavy (non-hydrogen) atoms. The molecule has 0 radical (unpaired) electrons. The highest BCUT2D eigenvalue weighted by Gasteiger charge is 2.13. The minimum absolute atomic E-state index is 0.0108. The first-order chi connectivity index (χ1) is 6.42. The van der Waals surface area contributed by atoms with Gasteiger partial charge in [-0.3, -0.25) is 0 Å². The van der Waals surface area contributed by atoms with Gasteiger partial charge in [0.05, 0.1) is 12.2 Å². The van der Waals surface area contributed by atoms with Gasteiger partial charge in [-0.05, 0) is 14.0 Å². The molecule has 1 N–H and O–H groups in total. The Bertz CT molecular complexity index is 396. The Morgan fingerprint density at radius 3 is 2.79 bits per heavy atom. The maximum atomic E-state index is 10.9. The van der Waals surface area contributed by atoms with Crippen molar-refractivity contribution in [3.63, 3.8) is 0 Å². The second-order valence-electron chi connectivity index (χ2n) is 3.25. The summed E-state index contributed by atoms with van der Waals surface area (Å²) < 4.78 is 27.2. The number of hydrogen-bond acceptors (Lipinski definition) is 5. The molecule has 1 aromatic heterocycles. The summed E-state index contributed by atoms with van der Waals surface area (Å²) in [6.07, 6.45) is 2.61. The predicted molar refractivity (Wildman–Crippen MR) is 52.5 cm³/mol. The van der Waals surface area contributed by atoms with Crippen LogP contribution < -0.4 is 5.32 Å². The van der Waals surface area contributed by atoms with Crippen molar-refractivity contribution < 1.29 is 12.8 Å². The summed E-state index contributed by atoms with van der Waals surface area (Å²) in [7, 11) is -1.27. The lowest BCUT2D eigenvalue weighted by Crippen LogP contribution is -2.12. The molecular weight excluding hydrogens is 204 g/mol. The van der Waals surface area contributed by atoms with Crippen molar-refractivity contribution in [1.82, 2.24) is 10.3 Å². The van der Waals surface area contributed by atoms with E-state index in [0.717, 1.165) is 6.26 Å². The van der Waals surface area contributed by atoms with Crippen molar-refractivity contribution in [3.8, 4) is 0 Å². The summed E-state index contributed by atoms with van der Waals surface area (Å²) in [4.78, 5) is 3.98. The van der Waals surface area contributed by atoms with Gasteiger partial charge in [-0.25, -0.2) is 13.4 Å². The van der Waals surface area contributed by atoms with Gasteiger partial charge in [0.2, 0.25) is 5.89 Å². The Balaban J connectivity index is 2.79. The number of sulfone groups is 1. The topological polar surface area (TPSA) is 72.2 Å². The molecule has 0 saturated carbocycles. The van der Waals surface area contributed by atoms with Gasteiger partial charge in [0.1, 0.15) is 11.5 Å². The fourth-order valence-corrected chi connectivity index (χ4v) is 1.62. The summed E-state index contributed by atoms with van der Waals surface area (Å²) in [5, 5.41) is 2.95. The van der Waals surface area contributed by atoms with Crippen molar-refractivity contribution in [3.05, 3.63) is 17.8 Å². The summed E-state index contributed by atoms with van der Waals surface area (Å²) in [6, 6.07) is -0.0108. The number of aromatic nitrogens is 1. The van der Waals surface area contributed by atoms with Crippen molar-refractivity contribution in [2.24, 2.45) is 0 Å². The van der Waals surface area contributed by atoms with Crippen molar-refractivity contribution >= 4 is 9.84 Å². The molecule has 1 heterocycles. The van der Waals surface area contributed by atoms with Crippen LogP contribution in [0.15, 0.2) is 10.6 Å². The van der Waals surface area contributed by atoms with Crippen LogP contribution in [0.3, 0.4) is 0 Å². The summed E-state index contributed by atoms with van der Waals surface area (Å²) in [5.41, 5.74) is 0. The zero-order chi connectivity index (χ0) is 10.8. The minimum Gasteiger partial charge on any atom is -0.443 e. The molecule has 1 atom stereocenters. The molecule has 6 heteroatoms. The van der Waals surface area contributed by atoms with E-state index in [1.165, 1.54) is 6.20 Å². The van der Waals surface area contributed by atoms with E-state index in [-0.39, 0.29) is 11.8 Å². The number of nitrogens with one attached hydrogen (secondary N) is 1. The third-order valence-corrected chi connectivity index (χ3v) is 2.59. The Hall–Kier alpha value is -0.880. The van der Waals surface area contributed by atoms with Gasteiger partial charge in [-0.15, -0.1) is 0 Å². The van der Waals surface area contributed by atoms with Gasteiger partial charge in [0, 0.05) is 6.26 Å². The first-order valence-corrected chi connectivity index (χ1v) is 6.28. The Morgan fingerprint density at radius 1 is 1.64 bits per heavy atom. The van der Waals surface area contributed by atoms with Crippen molar-refractivity contribution in [2.75, 3.05) is 13.3 Å². The van der Waals surface area contributed by atoms with Crippen molar-refractivity contribution in [2.45, 2.75) is 18.7 Å². The molecule has 1 aromatic rings. The Morgan fingerprint density at radius 2 is 2.29 bits per heavy atom. The van der Waals surface area contributed by atoms with Gasteiger partial charge in [0.15, 0.2) is 9.84 Å². The average Bonchev–Trinajstić information content (AvgIpc) is 2.48. The molecule has 0 saturated heterocycles. The minimum atomic E-state index is -3.05. The highest BCUT2D eigenvalue weighted by Crippen LogP contribution is 2.13. The lowest BCUT2D eigenvalue weighted by molar-refractivity contribution is 0.414. The van der Waals surface area contributed by atoms with E-state index in [0.29, 0.717) is 11.7 Å². The molecule has 80 valence electrons. The highest BCUT2D eigenvalue weighted by molar-refractivity contribution is 7.89. The van der Waals surface area contributed by atoms with Crippen LogP contribution in [0.2, 0.25) is 0 Å². The zero-order valence-corrected chi connectivity index (χ0v) is 9.26. The molecule has 0 aromatic carbocycles. The normalized spacial score (nSPS) is 14.2. The predicted octanol–water partition coefficient (Wildman–Crippen LogP) is 0.500. The molecule has 0 aliphatic rings. The SMILES string of the molecule is CNC(C)c1ncc(CS(C)(=O)=O)o1. The van der Waals surface area contributed by atoms with Crippen LogP contribution in [-0.2, 0) is 15.6 Å². The lowest BCUT2D eigenvalue weighted by atomic mass is 10.3. The van der Waals surface area contributed by atoms with Gasteiger partial charge >= 0.3 is 0 Å². The molecule has 1 rings (SSSR count). The van der Waals surface area contributed by atoms with Gasteiger partial charge in [-0.1, -0.05) is 0 Å². The fourth-order valence-electron chi connectivity index (χ4n) is 0.971. The monoisotopic (exact) mass is 218 g/mol. The van der Waals surface area contributed by atoms with Gasteiger partial charge in [0.25, 0.3) is 0 Å². The molecular formula is C8H14N2O3S. The van der Waals surface area contributed by atoms with Crippen LogP contribution in [0.1, 0.15) is 24.6 Å². The first-order valence-electron chi connectivity index (χ1n) is 4.22. The number of hydrogen-bond donors (Lipinski definition) is 1. The molecule has 0 bridgehead atoms. The second-order valence-corrected chi connectivity index (χ2v) is 5.39. The van der Waals surface area contributed by atoms with E-state index in [1.807, 2.05) is 6.92 Å². The lowest BCUT2D eigenvalue weighted by Gasteiger charge is -2.03. The number of oxazole rings is 1. The van der Waals surface area contributed by atoms with E-state index < -0.39 is 9.84 Å². The van der Waals surface area contributed by atoms with Crippen LogP contribution >= 0.6 is 0 Å². The quantitative estimate of drug-likeness (QED) is 0.796. The standard InChI is InChI=1S/C8H14N2O3S/c1-6(9-2)8-10-4-7(13-8)5-14(3,11)12/h4,6,9H,5H2,1-3H3. The third kappa shape index (κ3) is 3.12. The van der Waals surface area contributed by atoms with E-state index in [2.05, 4.69) is 10.3 Å². The van der Waals surface area contributed by atoms with E-state index in [9.17, 15) is 8.42 Å². The van der Waals surface area contributed by atoms with Crippen LogP contribution in [0.5, 0.6) is 0 Å². The Kier molecular flexibility index (Phi) is 3.28. The van der Waals surface area contributed by atoms with Crippen LogP contribution in [0.25, 0.3) is 0 Å². The number of rotatable bonds is 4. The summed E-state index contributed by atoms with van der Waals surface area (Å²) in [5.74, 6) is 0.784.